The summed E-state index contributed by atoms with van der Waals surface area (Å²) in [6.45, 7) is 0. The smallest absolute Gasteiger partial charge is 0.248 e. The van der Waals surface area contributed by atoms with Crippen LogP contribution in [0, 0.1) is 0 Å². The number of pyridine rings is 1. The predicted octanol–water partition coefficient (Wildman–Crippen LogP) is 5.68. The molecule has 0 N–H and O–H groups in total. The minimum Gasteiger partial charge on any atom is -0.457 e. The molecule has 0 amide bonds. The molecule has 0 saturated heterocycles. The topological polar surface area (TPSA) is 35.9 Å². The Morgan fingerprint density at radius 1 is 0.824 bits per heavy atom. The highest BCUT2D eigenvalue weighted by molar-refractivity contribution is 6.13. The van der Waals surface area contributed by atoms with Crippen LogP contribution < -0.4 is 9.30 Å². The van der Waals surface area contributed by atoms with E-state index >= 15 is 0 Å². The van der Waals surface area contributed by atoms with Crippen LogP contribution in [0.2, 0.25) is 0 Å². The Labute approximate surface area is 197 Å². The van der Waals surface area contributed by atoms with Crippen LogP contribution in [0.5, 0.6) is 11.5 Å². The average molecular weight is 444 g/mol. The van der Waals surface area contributed by atoms with Gasteiger partial charge in [0.05, 0.1) is 18.1 Å². The van der Waals surface area contributed by atoms with Crippen LogP contribution in [0.25, 0.3) is 33.3 Å². The second kappa shape index (κ2) is 7.32. The molecule has 0 aliphatic heterocycles. The largest absolute Gasteiger partial charge is 0.457 e. The Kier molecular flexibility index (Phi) is 4.12. The molecule has 164 valence electrons. The molecule has 6 aromatic rings. The number of imidazole rings is 1. The van der Waals surface area contributed by atoms with Gasteiger partial charge < -0.3 is 4.74 Å². The normalized spacial score (nSPS) is 12.6. The molecule has 0 spiro atoms. The van der Waals surface area contributed by atoms with E-state index in [1.807, 2.05) is 60.8 Å². The van der Waals surface area contributed by atoms with Crippen molar-refractivity contribution in [1.82, 2.24) is 14.1 Å². The first-order valence-electron chi connectivity index (χ1n) is 11.6. The number of benzene rings is 3. The Bertz CT molecular complexity index is 1690. The summed E-state index contributed by atoms with van der Waals surface area (Å²) in [5, 5.41) is 2.67. The lowest BCUT2D eigenvalue weighted by Gasteiger charge is -2.15. The number of ether oxygens (including phenoxy) is 1. The van der Waals surface area contributed by atoms with Gasteiger partial charge in [-0.05, 0) is 60.4 Å². The molecule has 0 atom stereocenters. The van der Waals surface area contributed by atoms with Crippen LogP contribution in [-0.4, -0.2) is 14.1 Å². The number of aryl methyl sites for hydroxylation is 3. The van der Waals surface area contributed by atoms with Gasteiger partial charge in [-0.3, -0.25) is 4.57 Å². The second-order valence-corrected chi connectivity index (χ2v) is 8.90. The molecule has 0 radical (unpaired) electrons. The molecule has 3 aromatic carbocycles. The molecule has 3 heterocycles. The van der Waals surface area contributed by atoms with Crippen molar-refractivity contribution in [3.8, 4) is 23.0 Å². The van der Waals surface area contributed by atoms with Crippen LogP contribution in [-0.2, 0) is 19.9 Å². The molecule has 3 aromatic heterocycles. The summed E-state index contributed by atoms with van der Waals surface area (Å²) in [5.74, 6) is 2.59. The summed E-state index contributed by atoms with van der Waals surface area (Å²) >= 11 is 0. The molecule has 0 saturated carbocycles. The lowest BCUT2D eigenvalue weighted by molar-refractivity contribution is -0.670. The van der Waals surface area contributed by atoms with Crippen molar-refractivity contribution in [3.05, 3.63) is 109 Å². The Hall–Kier alpha value is -4.38. The summed E-state index contributed by atoms with van der Waals surface area (Å²) in [6.07, 6.45) is 10.00. The van der Waals surface area contributed by atoms with Gasteiger partial charge in [-0.15, -0.1) is 0 Å². The van der Waals surface area contributed by atoms with Crippen molar-refractivity contribution in [1.29, 1.82) is 0 Å². The standard InChI is InChI=1S/C29H23N4O/c1-31-14-15-32(19-31)22-7-5-8-23(17-22)34-24-16-21-12-11-20-6-4-9-25-28(20)29(21)26(18-24)33(25)27-10-2-3-13-30-27/h2-10,13-19H,11-12H2,1H3/q+1. The van der Waals surface area contributed by atoms with Gasteiger partial charge in [0.15, 0.2) is 0 Å². The van der Waals surface area contributed by atoms with Gasteiger partial charge in [0.2, 0.25) is 6.33 Å². The number of rotatable bonds is 4. The highest BCUT2D eigenvalue weighted by Gasteiger charge is 2.23. The van der Waals surface area contributed by atoms with E-state index in [-0.39, 0.29) is 0 Å². The zero-order chi connectivity index (χ0) is 22.6. The first-order chi connectivity index (χ1) is 16.7. The monoisotopic (exact) mass is 443 g/mol. The highest BCUT2D eigenvalue weighted by Crippen LogP contribution is 2.42. The van der Waals surface area contributed by atoms with E-state index in [1.165, 1.54) is 27.4 Å². The molecule has 34 heavy (non-hydrogen) atoms. The summed E-state index contributed by atoms with van der Waals surface area (Å²) in [7, 11) is 2.02. The van der Waals surface area contributed by atoms with Gasteiger partial charge in [-0.25, -0.2) is 14.1 Å². The Morgan fingerprint density at radius 2 is 1.71 bits per heavy atom. The zero-order valence-corrected chi connectivity index (χ0v) is 18.8. The molecule has 1 aliphatic carbocycles. The maximum Gasteiger partial charge on any atom is 0.248 e. The van der Waals surface area contributed by atoms with E-state index in [4.69, 9.17) is 4.74 Å². The van der Waals surface area contributed by atoms with E-state index in [1.54, 1.807) is 0 Å². The van der Waals surface area contributed by atoms with Crippen LogP contribution in [0.4, 0.5) is 0 Å². The maximum absolute atomic E-state index is 6.45. The summed E-state index contributed by atoms with van der Waals surface area (Å²) in [5.41, 5.74) is 6.15. The van der Waals surface area contributed by atoms with Crippen molar-refractivity contribution in [2.75, 3.05) is 0 Å². The molecule has 0 unspecified atom stereocenters. The van der Waals surface area contributed by atoms with Crippen LogP contribution in [0.3, 0.4) is 0 Å². The minimum atomic E-state index is 0.817. The van der Waals surface area contributed by atoms with Gasteiger partial charge in [0, 0.05) is 29.1 Å². The van der Waals surface area contributed by atoms with Gasteiger partial charge in [0.1, 0.15) is 35.4 Å². The van der Waals surface area contributed by atoms with Crippen molar-refractivity contribution in [2.45, 2.75) is 12.8 Å². The zero-order valence-electron chi connectivity index (χ0n) is 18.8. The summed E-state index contributed by atoms with van der Waals surface area (Å²) in [6, 6.07) is 25.2. The summed E-state index contributed by atoms with van der Waals surface area (Å²) < 4.78 is 12.8. The maximum atomic E-state index is 6.45. The van der Waals surface area contributed by atoms with Crippen LogP contribution in [0.15, 0.2) is 97.7 Å². The van der Waals surface area contributed by atoms with E-state index in [0.29, 0.717) is 0 Å². The van der Waals surface area contributed by atoms with Gasteiger partial charge in [-0.1, -0.05) is 24.3 Å². The number of aromatic nitrogens is 4. The number of hydrogen-bond donors (Lipinski definition) is 0. The van der Waals surface area contributed by atoms with E-state index < -0.39 is 0 Å². The lowest BCUT2D eigenvalue weighted by atomic mass is 9.91. The molecule has 7 rings (SSSR count). The molecule has 0 bridgehead atoms. The predicted molar refractivity (Wildman–Crippen MR) is 133 cm³/mol. The Balaban J connectivity index is 1.40. The molecular formula is C29H23N4O+. The first-order valence-corrected chi connectivity index (χ1v) is 11.6. The second-order valence-electron chi connectivity index (χ2n) is 8.90. The van der Waals surface area contributed by atoms with Gasteiger partial charge in [0.25, 0.3) is 0 Å². The first kappa shape index (κ1) is 19.1. The Morgan fingerprint density at radius 3 is 2.56 bits per heavy atom. The fourth-order valence-electron chi connectivity index (χ4n) is 5.23. The third-order valence-corrected chi connectivity index (χ3v) is 6.70. The third-order valence-electron chi connectivity index (χ3n) is 6.70. The molecule has 5 nitrogen and oxygen atoms in total. The van der Waals surface area contributed by atoms with E-state index in [9.17, 15) is 0 Å². The van der Waals surface area contributed by atoms with Crippen molar-refractivity contribution >= 4 is 21.8 Å². The molecular weight excluding hydrogens is 420 g/mol. The van der Waals surface area contributed by atoms with Crippen molar-refractivity contribution in [2.24, 2.45) is 7.05 Å². The molecule has 1 aliphatic rings. The van der Waals surface area contributed by atoms with Crippen LogP contribution >= 0.6 is 0 Å². The highest BCUT2D eigenvalue weighted by atomic mass is 16.5. The number of hydrogen-bond acceptors (Lipinski definition) is 2. The average Bonchev–Trinajstić information content (AvgIpc) is 3.45. The lowest BCUT2D eigenvalue weighted by Crippen LogP contribution is -2.23. The fourth-order valence-corrected chi connectivity index (χ4v) is 5.23. The SMILES string of the molecule is C[n+]1ccn(-c2cccc(Oc3cc4c5c6c(cccc6n(-c6ccccn6)c5c3)CC4)c2)c1. The summed E-state index contributed by atoms with van der Waals surface area (Å²) in [4.78, 5) is 4.68. The van der Waals surface area contributed by atoms with Gasteiger partial charge >= 0.3 is 0 Å². The minimum absolute atomic E-state index is 0.817. The number of nitrogens with zero attached hydrogens (tertiary/aromatic N) is 4. The van der Waals surface area contributed by atoms with Crippen molar-refractivity contribution in [3.63, 3.8) is 0 Å². The molecule has 0 fully saturated rings. The fraction of sp³-hybridized carbons (Fsp3) is 0.103. The van der Waals surface area contributed by atoms with E-state index in [2.05, 4.69) is 62.6 Å². The van der Waals surface area contributed by atoms with Crippen molar-refractivity contribution < 1.29 is 9.30 Å². The third kappa shape index (κ3) is 2.94. The quantitative estimate of drug-likeness (QED) is 0.329. The van der Waals surface area contributed by atoms with Crippen LogP contribution in [0.1, 0.15) is 11.1 Å². The molecule has 5 heteroatoms. The van der Waals surface area contributed by atoms with E-state index in [0.717, 1.165) is 41.4 Å². The van der Waals surface area contributed by atoms with Gasteiger partial charge in [-0.2, -0.15) is 0 Å².